The van der Waals surface area contributed by atoms with E-state index in [-0.39, 0.29) is 0 Å². The zero-order valence-electron chi connectivity index (χ0n) is 13.1. The minimum atomic E-state index is 0.755. The molecule has 112 valence electrons. The van der Waals surface area contributed by atoms with Gasteiger partial charge in [-0.1, -0.05) is 68.8 Å². The number of allylic oxidation sites excluding steroid dienone is 5. The van der Waals surface area contributed by atoms with E-state index in [1.54, 1.807) is 18.4 Å². The topological polar surface area (TPSA) is 15.6 Å². The number of nitrogens with zero attached hydrogens (tertiary/aromatic N) is 2. The predicted molar refractivity (Wildman–Crippen MR) is 97.6 cm³/mol. The number of aryl methyl sites for hydroxylation is 1. The van der Waals surface area contributed by atoms with Crippen molar-refractivity contribution >= 4 is 5.84 Å². The van der Waals surface area contributed by atoms with Crippen molar-refractivity contribution < 1.29 is 0 Å². The number of hydrogen-bond donors (Lipinski definition) is 0. The highest BCUT2D eigenvalue weighted by Gasteiger charge is 2.14. The van der Waals surface area contributed by atoms with Gasteiger partial charge >= 0.3 is 0 Å². The highest BCUT2D eigenvalue weighted by atomic mass is 15.2. The van der Waals surface area contributed by atoms with Gasteiger partial charge in [0, 0.05) is 23.7 Å². The SMILES string of the molecule is C=C/C=C\C(=C/C=C)N(C=C)C(=NC=C)c1ccccc1C. The fourth-order valence-corrected chi connectivity index (χ4v) is 1.99. The summed E-state index contributed by atoms with van der Waals surface area (Å²) >= 11 is 0. The molecule has 1 aromatic carbocycles. The number of aliphatic imine (C=N–C) groups is 1. The Morgan fingerprint density at radius 3 is 2.36 bits per heavy atom. The van der Waals surface area contributed by atoms with E-state index in [4.69, 9.17) is 0 Å². The van der Waals surface area contributed by atoms with Crippen LogP contribution in [0.3, 0.4) is 0 Å². The molecule has 0 atom stereocenters. The Bertz CT molecular complexity index is 645. The van der Waals surface area contributed by atoms with Gasteiger partial charge in [-0.2, -0.15) is 0 Å². The van der Waals surface area contributed by atoms with E-state index in [0.29, 0.717) is 0 Å². The van der Waals surface area contributed by atoms with Crippen LogP contribution in [-0.4, -0.2) is 10.7 Å². The Hall–Kier alpha value is -2.87. The Balaban J connectivity index is 3.45. The van der Waals surface area contributed by atoms with E-state index in [1.165, 1.54) is 6.20 Å². The van der Waals surface area contributed by atoms with Crippen molar-refractivity contribution in [2.75, 3.05) is 0 Å². The third kappa shape index (κ3) is 4.32. The molecule has 2 nitrogen and oxygen atoms in total. The van der Waals surface area contributed by atoms with E-state index in [2.05, 4.69) is 31.3 Å². The molecule has 0 aliphatic heterocycles. The predicted octanol–water partition coefficient (Wildman–Crippen LogP) is 5.14. The van der Waals surface area contributed by atoms with Gasteiger partial charge in [0.05, 0.1) is 0 Å². The first-order valence-electron chi connectivity index (χ1n) is 6.97. The molecule has 0 unspecified atom stereocenters. The zero-order valence-corrected chi connectivity index (χ0v) is 13.1. The van der Waals surface area contributed by atoms with Crippen molar-refractivity contribution in [2.45, 2.75) is 6.92 Å². The first-order valence-corrected chi connectivity index (χ1v) is 6.97. The summed E-state index contributed by atoms with van der Waals surface area (Å²) in [7, 11) is 0. The summed E-state index contributed by atoms with van der Waals surface area (Å²) in [5, 5.41) is 0. The monoisotopic (exact) mass is 290 g/mol. The van der Waals surface area contributed by atoms with E-state index < -0.39 is 0 Å². The molecule has 1 rings (SSSR count). The molecule has 0 bridgehead atoms. The standard InChI is InChI=1S/C20H22N2/c1-6-10-15-18(13-7-2)22(9-4)20(21-8-3)19-16-12-11-14-17(19)5/h6-16H,1-4H2,5H3/b15-10-,18-13+,21-20?. The molecule has 0 saturated carbocycles. The van der Waals surface area contributed by atoms with Crippen LogP contribution < -0.4 is 0 Å². The van der Waals surface area contributed by atoms with Gasteiger partial charge in [0.1, 0.15) is 5.84 Å². The number of rotatable bonds is 7. The van der Waals surface area contributed by atoms with Gasteiger partial charge in [0.25, 0.3) is 0 Å². The summed E-state index contributed by atoms with van der Waals surface area (Å²) in [6, 6.07) is 8.06. The van der Waals surface area contributed by atoms with Crippen LogP contribution in [0, 0.1) is 6.92 Å². The van der Waals surface area contributed by atoms with Gasteiger partial charge in [0.15, 0.2) is 0 Å². The smallest absolute Gasteiger partial charge is 0.144 e. The van der Waals surface area contributed by atoms with Crippen LogP contribution in [0.2, 0.25) is 0 Å². The van der Waals surface area contributed by atoms with E-state index in [9.17, 15) is 0 Å². The van der Waals surface area contributed by atoms with Crippen molar-refractivity contribution in [1.82, 2.24) is 4.90 Å². The fourth-order valence-electron chi connectivity index (χ4n) is 1.99. The van der Waals surface area contributed by atoms with Crippen molar-refractivity contribution in [3.63, 3.8) is 0 Å². The number of hydrogen-bond acceptors (Lipinski definition) is 1. The molecule has 0 aromatic heterocycles. The van der Waals surface area contributed by atoms with E-state index >= 15 is 0 Å². The quantitative estimate of drug-likeness (QED) is 0.385. The lowest BCUT2D eigenvalue weighted by molar-refractivity contribution is 0.715. The Labute approximate surface area is 133 Å². The first-order chi connectivity index (χ1) is 10.7. The minimum Gasteiger partial charge on any atom is -0.302 e. The third-order valence-electron chi connectivity index (χ3n) is 2.98. The minimum absolute atomic E-state index is 0.755. The maximum absolute atomic E-state index is 4.44. The molecule has 0 radical (unpaired) electrons. The van der Waals surface area contributed by atoms with E-state index in [0.717, 1.165) is 22.7 Å². The molecule has 22 heavy (non-hydrogen) atoms. The second-order valence-electron chi connectivity index (χ2n) is 4.42. The molecule has 0 saturated heterocycles. The fraction of sp³-hybridized carbons (Fsp3) is 0.0500. The maximum Gasteiger partial charge on any atom is 0.144 e. The van der Waals surface area contributed by atoms with Crippen LogP contribution in [0.5, 0.6) is 0 Å². The molecule has 1 aromatic rings. The van der Waals surface area contributed by atoms with Gasteiger partial charge in [-0.05, 0) is 24.6 Å². The Morgan fingerprint density at radius 2 is 1.82 bits per heavy atom. The molecular weight excluding hydrogens is 268 g/mol. The first kappa shape index (κ1) is 17.2. The molecule has 0 spiro atoms. The summed E-state index contributed by atoms with van der Waals surface area (Å²) in [5.74, 6) is 0.755. The number of benzene rings is 1. The summed E-state index contributed by atoms with van der Waals surface area (Å²) in [5.41, 5.74) is 3.03. The molecule has 0 heterocycles. The third-order valence-corrected chi connectivity index (χ3v) is 2.98. The van der Waals surface area contributed by atoms with Crippen LogP contribution in [0.25, 0.3) is 0 Å². The molecule has 2 heteroatoms. The molecule has 0 fully saturated rings. The lowest BCUT2D eigenvalue weighted by Crippen LogP contribution is -2.25. The molecule has 0 amide bonds. The maximum atomic E-state index is 4.44. The van der Waals surface area contributed by atoms with Crippen molar-refractivity contribution in [2.24, 2.45) is 4.99 Å². The molecular formula is C20H22N2. The van der Waals surface area contributed by atoms with Crippen LogP contribution >= 0.6 is 0 Å². The second-order valence-corrected chi connectivity index (χ2v) is 4.42. The lowest BCUT2D eigenvalue weighted by atomic mass is 10.1. The summed E-state index contributed by atoms with van der Waals surface area (Å²) in [6.45, 7) is 17.1. The van der Waals surface area contributed by atoms with Crippen molar-refractivity contribution in [3.05, 3.63) is 110 Å². The summed E-state index contributed by atoms with van der Waals surface area (Å²) in [4.78, 5) is 6.33. The van der Waals surface area contributed by atoms with Gasteiger partial charge in [-0.3, -0.25) is 0 Å². The summed E-state index contributed by atoms with van der Waals surface area (Å²) < 4.78 is 0. The molecule has 0 aliphatic rings. The van der Waals surface area contributed by atoms with Gasteiger partial charge in [-0.15, -0.1) is 0 Å². The number of amidine groups is 1. The summed E-state index contributed by atoms with van der Waals surface area (Å²) in [6.07, 6.45) is 12.4. The van der Waals surface area contributed by atoms with Crippen LogP contribution in [0.1, 0.15) is 11.1 Å². The van der Waals surface area contributed by atoms with Gasteiger partial charge in [-0.25, -0.2) is 4.99 Å². The normalized spacial score (nSPS) is 12.0. The molecule has 0 aliphatic carbocycles. The van der Waals surface area contributed by atoms with E-state index in [1.807, 2.05) is 54.3 Å². The van der Waals surface area contributed by atoms with Crippen molar-refractivity contribution in [3.8, 4) is 0 Å². The average Bonchev–Trinajstić information content (AvgIpc) is 2.53. The average molecular weight is 290 g/mol. The van der Waals surface area contributed by atoms with Crippen LogP contribution in [0.15, 0.2) is 104 Å². The van der Waals surface area contributed by atoms with Gasteiger partial charge < -0.3 is 4.90 Å². The molecule has 0 N–H and O–H groups in total. The Morgan fingerprint density at radius 1 is 1.09 bits per heavy atom. The highest BCUT2D eigenvalue weighted by Crippen LogP contribution is 2.17. The zero-order chi connectivity index (χ0) is 16.4. The second kappa shape index (κ2) is 9.14. The largest absolute Gasteiger partial charge is 0.302 e. The van der Waals surface area contributed by atoms with Crippen molar-refractivity contribution in [1.29, 1.82) is 0 Å². The van der Waals surface area contributed by atoms with Gasteiger partial charge in [0.2, 0.25) is 0 Å². The highest BCUT2D eigenvalue weighted by molar-refractivity contribution is 6.02. The van der Waals surface area contributed by atoms with Crippen LogP contribution in [0.4, 0.5) is 0 Å². The lowest BCUT2D eigenvalue weighted by Gasteiger charge is -2.24. The Kier molecular flexibility index (Phi) is 7.14. The van der Waals surface area contributed by atoms with Crippen LogP contribution in [-0.2, 0) is 0 Å².